The molecule has 0 spiro atoms. The van der Waals surface area contributed by atoms with Gasteiger partial charge in [-0.25, -0.2) is 0 Å². The van der Waals surface area contributed by atoms with E-state index in [1.165, 1.54) is 148 Å². The summed E-state index contributed by atoms with van der Waals surface area (Å²) in [6, 6.07) is -0.916. The van der Waals surface area contributed by atoms with Crippen LogP contribution in [0.25, 0.3) is 0 Å². The molecule has 0 fully saturated rings. The summed E-state index contributed by atoms with van der Waals surface area (Å²) >= 11 is 0. The van der Waals surface area contributed by atoms with Crippen molar-refractivity contribution in [2.45, 2.75) is 244 Å². The van der Waals surface area contributed by atoms with Gasteiger partial charge in [0.15, 0.2) is 0 Å². The van der Waals surface area contributed by atoms with Gasteiger partial charge in [-0.05, 0) is 77.0 Å². The Kier molecular flexibility index (Phi) is 45.0. The zero-order valence-corrected chi connectivity index (χ0v) is 43.4. The maximum absolute atomic E-state index is 12.9. The number of phosphoric ester groups is 1. The smallest absolute Gasteiger partial charge is 0.268 e. The second kappa shape index (κ2) is 46.3. The highest BCUT2D eigenvalue weighted by Gasteiger charge is 2.23. The Morgan fingerprint density at radius 1 is 0.547 bits per heavy atom. The van der Waals surface area contributed by atoms with Crippen LogP contribution in [0.2, 0.25) is 0 Å². The summed E-state index contributed by atoms with van der Waals surface area (Å²) in [7, 11) is 1.23. The molecule has 0 aliphatic rings. The summed E-state index contributed by atoms with van der Waals surface area (Å²) in [5.74, 6) is -0.220. The van der Waals surface area contributed by atoms with Crippen molar-refractivity contribution in [3.8, 4) is 0 Å². The highest BCUT2D eigenvalue weighted by atomic mass is 31.2. The Hall–Kier alpha value is -1.80. The summed E-state index contributed by atoms with van der Waals surface area (Å²) in [6.07, 6.45) is 61.5. The third-order valence-electron chi connectivity index (χ3n) is 11.7. The molecule has 0 aromatic carbocycles. The maximum atomic E-state index is 12.9. The largest absolute Gasteiger partial charge is 0.756 e. The van der Waals surface area contributed by atoms with Crippen LogP contribution in [-0.2, 0) is 18.4 Å². The lowest BCUT2D eigenvalue weighted by atomic mass is 10.0. The number of hydrogen-bond donors (Lipinski definition) is 2. The van der Waals surface area contributed by atoms with Crippen LogP contribution in [0, 0.1) is 0 Å². The number of nitrogens with one attached hydrogen (secondary N) is 1. The first kappa shape index (κ1) is 62.2. The summed E-state index contributed by atoms with van der Waals surface area (Å²) in [6.45, 7) is 4.59. The number of nitrogens with zero attached hydrogens (tertiary/aromatic N) is 1. The van der Waals surface area contributed by atoms with Gasteiger partial charge in [0, 0.05) is 6.42 Å². The van der Waals surface area contributed by atoms with E-state index in [2.05, 4.69) is 67.8 Å². The monoisotopic (exact) mass is 919 g/mol. The van der Waals surface area contributed by atoms with Crippen molar-refractivity contribution in [2.24, 2.45) is 0 Å². The predicted octanol–water partition coefficient (Wildman–Crippen LogP) is 15.1. The van der Waals surface area contributed by atoms with E-state index in [0.29, 0.717) is 17.4 Å². The molecule has 0 saturated carbocycles. The quantitative estimate of drug-likeness (QED) is 0.0272. The summed E-state index contributed by atoms with van der Waals surface area (Å²) in [4.78, 5) is 25.4. The summed E-state index contributed by atoms with van der Waals surface area (Å²) in [5, 5.41) is 13.8. The SMILES string of the molecule is CCCCC/C=C\C/C=C\CCCCCCCCCC(=O)NC(COP(=O)([O-])OCC[N+](C)(C)C)C(O)/C=C/CC/C=C/CC/C=C/CCCCCCCCCCCCCCCCC. The molecule has 0 aliphatic carbocycles. The van der Waals surface area contributed by atoms with Gasteiger partial charge < -0.3 is 28.8 Å². The van der Waals surface area contributed by atoms with Crippen molar-refractivity contribution in [1.82, 2.24) is 5.32 Å². The summed E-state index contributed by atoms with van der Waals surface area (Å²) < 4.78 is 23.3. The van der Waals surface area contributed by atoms with Crippen LogP contribution in [0.4, 0.5) is 0 Å². The van der Waals surface area contributed by atoms with Gasteiger partial charge in [-0.15, -0.1) is 0 Å². The van der Waals surface area contributed by atoms with Crippen LogP contribution in [0.5, 0.6) is 0 Å². The fraction of sp³-hybridized carbons (Fsp3) is 0.800. The Morgan fingerprint density at radius 3 is 1.39 bits per heavy atom. The van der Waals surface area contributed by atoms with Crippen LogP contribution in [-0.4, -0.2) is 68.5 Å². The number of phosphoric acid groups is 1. The fourth-order valence-corrected chi connectivity index (χ4v) is 8.17. The lowest BCUT2D eigenvalue weighted by Crippen LogP contribution is -2.45. The highest BCUT2D eigenvalue weighted by Crippen LogP contribution is 2.38. The Labute approximate surface area is 396 Å². The molecule has 0 aromatic heterocycles. The van der Waals surface area contributed by atoms with E-state index in [-0.39, 0.29) is 12.5 Å². The fourth-order valence-electron chi connectivity index (χ4n) is 7.45. The lowest BCUT2D eigenvalue weighted by Gasteiger charge is -2.29. The van der Waals surface area contributed by atoms with Crippen molar-refractivity contribution < 1.29 is 32.9 Å². The van der Waals surface area contributed by atoms with E-state index in [9.17, 15) is 19.4 Å². The van der Waals surface area contributed by atoms with E-state index in [0.717, 1.165) is 64.2 Å². The van der Waals surface area contributed by atoms with Crippen LogP contribution in [0.3, 0.4) is 0 Å². The van der Waals surface area contributed by atoms with E-state index in [1.54, 1.807) is 6.08 Å². The number of amides is 1. The molecule has 2 N–H and O–H groups in total. The molecule has 0 rings (SSSR count). The van der Waals surface area contributed by atoms with E-state index in [4.69, 9.17) is 9.05 Å². The minimum atomic E-state index is -4.61. The molecule has 3 atom stereocenters. The zero-order valence-electron chi connectivity index (χ0n) is 42.5. The number of quaternary nitrogens is 1. The molecule has 0 bridgehead atoms. The first-order valence-electron chi connectivity index (χ1n) is 26.7. The van der Waals surface area contributed by atoms with Gasteiger partial charge in [0.2, 0.25) is 5.91 Å². The van der Waals surface area contributed by atoms with Crippen LogP contribution < -0.4 is 10.2 Å². The topological polar surface area (TPSA) is 108 Å². The number of carbonyl (C=O) groups excluding carboxylic acids is 1. The average molecular weight is 919 g/mol. The molecular weight excluding hydrogens is 816 g/mol. The minimum absolute atomic E-state index is 0.0126. The number of rotatable bonds is 48. The molecule has 8 nitrogen and oxygen atoms in total. The molecule has 0 heterocycles. The number of unbranched alkanes of at least 4 members (excludes halogenated alkanes) is 27. The van der Waals surface area contributed by atoms with E-state index < -0.39 is 26.6 Å². The lowest BCUT2D eigenvalue weighted by molar-refractivity contribution is -0.870. The van der Waals surface area contributed by atoms with Crippen LogP contribution in [0.1, 0.15) is 232 Å². The molecular formula is C55H103N2O6P. The molecule has 9 heteroatoms. The van der Waals surface area contributed by atoms with Gasteiger partial charge in [0.25, 0.3) is 7.82 Å². The van der Waals surface area contributed by atoms with E-state index in [1.807, 2.05) is 27.2 Å². The normalized spacial score (nSPS) is 14.5. The number of allylic oxidation sites excluding steroid dienone is 9. The Balaban J connectivity index is 4.36. The van der Waals surface area contributed by atoms with Crippen molar-refractivity contribution in [1.29, 1.82) is 0 Å². The number of hydrogen-bond acceptors (Lipinski definition) is 6. The van der Waals surface area contributed by atoms with Gasteiger partial charge in [-0.3, -0.25) is 9.36 Å². The molecule has 0 radical (unpaired) electrons. The first-order valence-corrected chi connectivity index (χ1v) is 28.1. The van der Waals surface area contributed by atoms with Crippen molar-refractivity contribution in [2.75, 3.05) is 40.9 Å². The van der Waals surface area contributed by atoms with Gasteiger partial charge in [0.05, 0.1) is 39.9 Å². The van der Waals surface area contributed by atoms with E-state index >= 15 is 0 Å². The van der Waals surface area contributed by atoms with Crippen molar-refractivity contribution in [3.63, 3.8) is 0 Å². The Morgan fingerprint density at radius 2 is 0.922 bits per heavy atom. The van der Waals surface area contributed by atoms with Gasteiger partial charge in [-0.1, -0.05) is 209 Å². The van der Waals surface area contributed by atoms with Crippen molar-refractivity contribution >= 4 is 13.7 Å². The van der Waals surface area contributed by atoms with Crippen LogP contribution >= 0.6 is 7.82 Å². The minimum Gasteiger partial charge on any atom is -0.756 e. The number of likely N-dealkylation sites (N-methyl/N-ethyl adjacent to an activating group) is 1. The van der Waals surface area contributed by atoms with Gasteiger partial charge >= 0.3 is 0 Å². The number of aliphatic hydroxyl groups is 1. The third-order valence-corrected chi connectivity index (χ3v) is 12.6. The third kappa shape index (κ3) is 48.1. The first-order chi connectivity index (χ1) is 31.0. The average Bonchev–Trinajstić information content (AvgIpc) is 3.25. The predicted molar refractivity (Wildman–Crippen MR) is 274 cm³/mol. The molecule has 64 heavy (non-hydrogen) atoms. The molecule has 1 amide bonds. The second-order valence-electron chi connectivity index (χ2n) is 19.2. The van der Waals surface area contributed by atoms with Crippen LogP contribution in [0.15, 0.2) is 60.8 Å². The maximum Gasteiger partial charge on any atom is 0.268 e. The van der Waals surface area contributed by atoms with Gasteiger partial charge in [0.1, 0.15) is 13.2 Å². The zero-order chi connectivity index (χ0) is 47.1. The second-order valence-corrected chi connectivity index (χ2v) is 20.6. The number of carbonyl (C=O) groups is 1. The molecule has 0 aromatic rings. The molecule has 374 valence electrons. The Bertz CT molecular complexity index is 1230. The summed E-state index contributed by atoms with van der Waals surface area (Å²) in [5.41, 5.74) is 0. The van der Waals surface area contributed by atoms with Gasteiger partial charge in [-0.2, -0.15) is 0 Å². The number of aliphatic hydroxyl groups excluding tert-OH is 1. The van der Waals surface area contributed by atoms with Crippen molar-refractivity contribution in [3.05, 3.63) is 60.8 Å². The highest BCUT2D eigenvalue weighted by molar-refractivity contribution is 7.45. The standard InChI is InChI=1S/C55H103N2O6P/c1-6-8-10-12-14-16-18-20-22-24-25-26-27-28-29-30-31-33-34-36-38-40-42-44-46-48-54(58)53(52-63-64(60,61)62-51-50-57(3,4)5)56-55(59)49-47-45-43-41-39-37-35-32-23-21-19-17-15-13-11-9-7-2/h15,17,21,23,31,33,38,40,46,48,53-54,58H,6-14,16,18-20,22,24-30,32,34-37,39,41-45,47,49-52H2,1-5H3,(H-,56,59,60,61)/b17-15-,23-21-,33-31+,40-38+,48-46+. The molecule has 3 unspecified atom stereocenters. The molecule has 0 saturated heterocycles. The molecule has 0 aliphatic heterocycles.